The zero-order chi connectivity index (χ0) is 11.1. The van der Waals surface area contributed by atoms with Crippen molar-refractivity contribution in [3.8, 4) is 0 Å². The molecule has 2 rings (SSSR count). The summed E-state index contributed by atoms with van der Waals surface area (Å²) < 4.78 is 12.9. The molecule has 0 spiro atoms. The van der Waals surface area contributed by atoms with Crippen LogP contribution in [-0.4, -0.2) is 11.4 Å². The van der Waals surface area contributed by atoms with Crippen molar-refractivity contribution in [1.29, 1.82) is 0 Å². The third-order valence-corrected chi connectivity index (χ3v) is 2.69. The van der Waals surface area contributed by atoms with Crippen LogP contribution in [0.5, 0.6) is 0 Å². The van der Waals surface area contributed by atoms with Crippen LogP contribution in [-0.2, 0) is 4.79 Å². The zero-order valence-electron chi connectivity index (χ0n) is 8.92. The molecule has 16 heavy (non-hydrogen) atoms. The van der Waals surface area contributed by atoms with E-state index in [1.165, 1.54) is 12.1 Å². The lowest BCUT2D eigenvalue weighted by Crippen LogP contribution is -2.38. The van der Waals surface area contributed by atoms with Gasteiger partial charge in [-0.25, -0.2) is 4.39 Å². The molecule has 1 aromatic rings. The van der Waals surface area contributed by atoms with E-state index in [0.29, 0.717) is 18.5 Å². The maximum atomic E-state index is 12.9. The fourth-order valence-corrected chi connectivity index (χ4v) is 1.34. The summed E-state index contributed by atoms with van der Waals surface area (Å²) in [5, 5.41) is 2.65. The number of hydrogen-bond donors (Lipinski definition) is 2. The van der Waals surface area contributed by atoms with Gasteiger partial charge >= 0.3 is 0 Å². The normalized spacial score (nSPS) is 16.2. The van der Waals surface area contributed by atoms with E-state index < -0.39 is 5.54 Å². The topological polar surface area (TPSA) is 55.1 Å². The first-order chi connectivity index (χ1) is 7.01. The largest absolute Gasteiger partial charge is 0.324 e. The van der Waals surface area contributed by atoms with E-state index in [1.54, 1.807) is 6.07 Å². The molecule has 3 N–H and O–H groups in total. The Hall–Kier alpha value is -1.13. The number of nitrogens with one attached hydrogen (secondary N) is 1. The maximum Gasteiger partial charge on any atom is 0.244 e. The Morgan fingerprint density at radius 2 is 2.12 bits per heavy atom. The van der Waals surface area contributed by atoms with Gasteiger partial charge in [0.15, 0.2) is 0 Å². The van der Waals surface area contributed by atoms with Crippen molar-refractivity contribution in [2.75, 3.05) is 5.32 Å². The van der Waals surface area contributed by atoms with Crippen molar-refractivity contribution in [2.24, 2.45) is 5.73 Å². The SMILES string of the molecule is Cc1ccc(F)cc1NC(=O)C1(N)CC1.Cl. The van der Waals surface area contributed by atoms with Crippen molar-refractivity contribution in [3.05, 3.63) is 29.6 Å². The Morgan fingerprint density at radius 1 is 1.50 bits per heavy atom. The zero-order valence-corrected chi connectivity index (χ0v) is 9.73. The van der Waals surface area contributed by atoms with E-state index in [9.17, 15) is 9.18 Å². The van der Waals surface area contributed by atoms with Crippen molar-refractivity contribution < 1.29 is 9.18 Å². The number of rotatable bonds is 2. The second kappa shape index (κ2) is 4.39. The average molecular weight is 245 g/mol. The molecule has 1 aromatic carbocycles. The van der Waals surface area contributed by atoms with Crippen LogP contribution in [0.2, 0.25) is 0 Å². The van der Waals surface area contributed by atoms with Crippen LogP contribution < -0.4 is 11.1 Å². The number of carbonyl (C=O) groups is 1. The number of hydrogen-bond acceptors (Lipinski definition) is 2. The third-order valence-electron chi connectivity index (χ3n) is 2.69. The molecular formula is C11H14ClFN2O. The first kappa shape index (κ1) is 12.9. The van der Waals surface area contributed by atoms with E-state index in [1.807, 2.05) is 6.92 Å². The molecule has 0 saturated heterocycles. The number of aryl methyl sites for hydroxylation is 1. The van der Waals surface area contributed by atoms with Crippen molar-refractivity contribution in [2.45, 2.75) is 25.3 Å². The minimum atomic E-state index is -0.723. The molecular weight excluding hydrogens is 231 g/mol. The molecule has 1 aliphatic rings. The molecule has 1 amide bonds. The van der Waals surface area contributed by atoms with Crippen LogP contribution in [0.1, 0.15) is 18.4 Å². The van der Waals surface area contributed by atoms with Gasteiger partial charge in [-0.3, -0.25) is 4.79 Å². The summed E-state index contributed by atoms with van der Waals surface area (Å²) in [6.45, 7) is 1.81. The quantitative estimate of drug-likeness (QED) is 0.836. The Bertz CT molecular complexity index is 418. The molecule has 0 unspecified atom stereocenters. The predicted molar refractivity (Wildman–Crippen MR) is 63.2 cm³/mol. The molecule has 0 aliphatic heterocycles. The molecule has 0 radical (unpaired) electrons. The molecule has 1 fully saturated rings. The highest BCUT2D eigenvalue weighted by Gasteiger charge is 2.46. The van der Waals surface area contributed by atoms with E-state index >= 15 is 0 Å². The second-order valence-corrected chi connectivity index (χ2v) is 4.07. The maximum absolute atomic E-state index is 12.9. The van der Waals surface area contributed by atoms with Gasteiger partial charge in [0.1, 0.15) is 5.82 Å². The number of benzene rings is 1. The molecule has 0 heterocycles. The molecule has 1 saturated carbocycles. The number of carbonyl (C=O) groups excluding carboxylic acids is 1. The summed E-state index contributed by atoms with van der Waals surface area (Å²) in [6.07, 6.45) is 1.40. The average Bonchev–Trinajstić information content (AvgIpc) is 2.91. The van der Waals surface area contributed by atoms with Crippen LogP contribution >= 0.6 is 12.4 Å². The molecule has 5 heteroatoms. The number of amides is 1. The van der Waals surface area contributed by atoms with Gasteiger partial charge in [-0.1, -0.05) is 6.07 Å². The highest BCUT2D eigenvalue weighted by molar-refractivity contribution is 6.00. The minimum absolute atomic E-state index is 0. The first-order valence-corrected chi connectivity index (χ1v) is 4.88. The smallest absolute Gasteiger partial charge is 0.244 e. The lowest BCUT2D eigenvalue weighted by molar-refractivity contribution is -0.118. The molecule has 88 valence electrons. The number of nitrogens with two attached hydrogens (primary N) is 1. The van der Waals surface area contributed by atoms with Gasteiger partial charge < -0.3 is 11.1 Å². The Kier molecular flexibility index (Phi) is 3.55. The second-order valence-electron chi connectivity index (χ2n) is 4.07. The van der Waals surface area contributed by atoms with Crippen LogP contribution in [0.3, 0.4) is 0 Å². The monoisotopic (exact) mass is 244 g/mol. The van der Waals surface area contributed by atoms with E-state index in [0.717, 1.165) is 5.56 Å². The first-order valence-electron chi connectivity index (χ1n) is 4.88. The standard InChI is InChI=1S/C11H13FN2O.ClH/c1-7-2-3-8(12)6-9(7)14-10(15)11(13)4-5-11;/h2-3,6H,4-5,13H2,1H3,(H,14,15);1H. The Balaban J connectivity index is 0.00000128. The predicted octanol–water partition coefficient (Wildman–Crippen LogP) is 1.99. The molecule has 0 atom stereocenters. The van der Waals surface area contributed by atoms with Gasteiger partial charge in [-0.15, -0.1) is 12.4 Å². The Labute approximate surface area is 99.6 Å². The highest BCUT2D eigenvalue weighted by atomic mass is 35.5. The van der Waals surface area contributed by atoms with E-state index in [4.69, 9.17) is 5.73 Å². The summed E-state index contributed by atoms with van der Waals surface area (Å²) in [7, 11) is 0. The molecule has 0 bridgehead atoms. The summed E-state index contributed by atoms with van der Waals surface area (Å²) in [4.78, 5) is 11.6. The van der Waals surface area contributed by atoms with Gasteiger partial charge in [0.25, 0.3) is 0 Å². The van der Waals surface area contributed by atoms with Gasteiger partial charge in [-0.2, -0.15) is 0 Å². The van der Waals surface area contributed by atoms with Gasteiger partial charge in [-0.05, 0) is 37.5 Å². The molecule has 0 aromatic heterocycles. The molecule has 1 aliphatic carbocycles. The van der Waals surface area contributed by atoms with Gasteiger partial charge in [0.2, 0.25) is 5.91 Å². The molecule has 3 nitrogen and oxygen atoms in total. The number of anilines is 1. The summed E-state index contributed by atoms with van der Waals surface area (Å²) in [5.41, 5.74) is 6.32. The van der Waals surface area contributed by atoms with Gasteiger partial charge in [0, 0.05) is 5.69 Å². The summed E-state index contributed by atoms with van der Waals surface area (Å²) in [5.74, 6) is -0.589. The van der Waals surface area contributed by atoms with Crippen molar-refractivity contribution >= 4 is 24.0 Å². The lowest BCUT2D eigenvalue weighted by atomic mass is 10.2. The lowest BCUT2D eigenvalue weighted by Gasteiger charge is -2.12. The van der Waals surface area contributed by atoms with Crippen molar-refractivity contribution in [3.63, 3.8) is 0 Å². The number of halogens is 2. The van der Waals surface area contributed by atoms with Crippen LogP contribution in [0.4, 0.5) is 10.1 Å². The van der Waals surface area contributed by atoms with Crippen LogP contribution in [0.15, 0.2) is 18.2 Å². The van der Waals surface area contributed by atoms with Crippen molar-refractivity contribution in [1.82, 2.24) is 0 Å². The summed E-state index contributed by atoms with van der Waals surface area (Å²) >= 11 is 0. The minimum Gasteiger partial charge on any atom is -0.324 e. The Morgan fingerprint density at radius 3 is 2.69 bits per heavy atom. The van der Waals surface area contributed by atoms with E-state index in [-0.39, 0.29) is 24.1 Å². The van der Waals surface area contributed by atoms with Crippen LogP contribution in [0, 0.1) is 12.7 Å². The summed E-state index contributed by atoms with van der Waals surface area (Å²) in [6, 6.07) is 4.29. The van der Waals surface area contributed by atoms with Crippen LogP contribution in [0.25, 0.3) is 0 Å². The fraction of sp³-hybridized carbons (Fsp3) is 0.364. The highest BCUT2D eigenvalue weighted by Crippen LogP contribution is 2.33. The third kappa shape index (κ3) is 2.51. The van der Waals surface area contributed by atoms with E-state index in [2.05, 4.69) is 5.32 Å². The van der Waals surface area contributed by atoms with Gasteiger partial charge in [0.05, 0.1) is 5.54 Å². The fourth-order valence-electron chi connectivity index (χ4n) is 1.34.